The molecule has 32 heavy (non-hydrogen) atoms. The Labute approximate surface area is 187 Å². The first kappa shape index (κ1) is 20.6. The van der Waals surface area contributed by atoms with Crippen LogP contribution in [0.1, 0.15) is 40.5 Å². The number of benzene rings is 1. The molecule has 1 aliphatic heterocycles. The number of aromatic nitrogens is 7. The fraction of sp³-hybridized carbons (Fsp3) is 0.435. The van der Waals surface area contributed by atoms with Gasteiger partial charge in [0.2, 0.25) is 5.95 Å². The van der Waals surface area contributed by atoms with E-state index in [9.17, 15) is 0 Å². The molecule has 1 saturated heterocycles. The first-order valence-corrected chi connectivity index (χ1v) is 10.9. The largest absolute Gasteiger partial charge is 0.339 e. The lowest BCUT2D eigenvalue weighted by molar-refractivity contribution is 0.160. The lowest BCUT2D eigenvalue weighted by Crippen LogP contribution is -2.62. The highest BCUT2D eigenvalue weighted by atomic mass is 15.3. The first-order valence-electron chi connectivity index (χ1n) is 10.9. The molecule has 1 fully saturated rings. The van der Waals surface area contributed by atoms with E-state index in [1.54, 1.807) is 18.6 Å². The third kappa shape index (κ3) is 3.73. The molecule has 166 valence electrons. The molecule has 2 N–H and O–H groups in total. The number of piperidine rings is 1. The van der Waals surface area contributed by atoms with Crippen molar-refractivity contribution in [2.24, 2.45) is 0 Å². The van der Waals surface area contributed by atoms with E-state index in [2.05, 4.69) is 75.4 Å². The Balaban J connectivity index is 1.44. The molecule has 0 saturated carbocycles. The predicted octanol–water partition coefficient (Wildman–Crippen LogP) is 3.35. The van der Waals surface area contributed by atoms with Crippen LogP contribution in [0.15, 0.2) is 43.0 Å². The van der Waals surface area contributed by atoms with Crippen molar-refractivity contribution in [1.82, 2.24) is 40.5 Å². The lowest BCUT2D eigenvalue weighted by atomic mass is 9.79. The number of nitrogens with zero attached hydrogens (tertiary/aromatic N) is 7. The maximum atomic E-state index is 4.67. The molecular formula is C23H29N9. The minimum atomic E-state index is 0.0528. The first-order chi connectivity index (χ1) is 15.2. The van der Waals surface area contributed by atoms with E-state index in [-0.39, 0.29) is 11.1 Å². The molecule has 1 aliphatic rings. The minimum absolute atomic E-state index is 0.0528. The highest BCUT2D eigenvalue weighted by Gasteiger charge is 2.39. The van der Waals surface area contributed by atoms with Crippen molar-refractivity contribution in [2.75, 3.05) is 11.9 Å². The Bertz CT molecular complexity index is 1210. The molecule has 4 heterocycles. The highest BCUT2D eigenvalue weighted by molar-refractivity contribution is 5.97. The Hall–Kier alpha value is -3.33. The maximum Gasteiger partial charge on any atom is 0.245 e. The summed E-state index contributed by atoms with van der Waals surface area (Å²) in [5.74, 6) is 0.642. The van der Waals surface area contributed by atoms with Gasteiger partial charge in [-0.1, -0.05) is 0 Å². The van der Waals surface area contributed by atoms with E-state index in [1.807, 2.05) is 29.1 Å². The van der Waals surface area contributed by atoms with Crippen LogP contribution in [0.3, 0.4) is 0 Å². The van der Waals surface area contributed by atoms with Gasteiger partial charge in [-0.05, 0) is 58.7 Å². The van der Waals surface area contributed by atoms with Gasteiger partial charge in [0.05, 0.1) is 23.6 Å². The predicted molar refractivity (Wildman–Crippen MR) is 125 cm³/mol. The summed E-state index contributed by atoms with van der Waals surface area (Å²) in [6, 6.07) is 6.25. The smallest absolute Gasteiger partial charge is 0.245 e. The summed E-state index contributed by atoms with van der Waals surface area (Å²) in [6.45, 7) is 9.00. The average Bonchev–Trinajstić information content (AvgIpc) is 3.43. The van der Waals surface area contributed by atoms with Crippen LogP contribution in [0.2, 0.25) is 0 Å². The van der Waals surface area contributed by atoms with Crippen molar-refractivity contribution in [3.05, 3.63) is 43.0 Å². The molecule has 0 spiro atoms. The Morgan fingerprint density at radius 3 is 2.50 bits per heavy atom. The van der Waals surface area contributed by atoms with E-state index < -0.39 is 0 Å². The van der Waals surface area contributed by atoms with E-state index in [0.717, 1.165) is 35.0 Å². The van der Waals surface area contributed by atoms with Crippen molar-refractivity contribution in [3.8, 4) is 16.9 Å². The summed E-state index contributed by atoms with van der Waals surface area (Å²) < 4.78 is 1.81. The fourth-order valence-corrected chi connectivity index (χ4v) is 5.11. The van der Waals surface area contributed by atoms with Gasteiger partial charge in [0, 0.05) is 47.5 Å². The zero-order valence-corrected chi connectivity index (χ0v) is 19.2. The molecule has 0 radical (unpaired) electrons. The van der Waals surface area contributed by atoms with E-state index in [1.165, 1.54) is 0 Å². The Morgan fingerprint density at radius 2 is 1.84 bits per heavy atom. The van der Waals surface area contributed by atoms with Gasteiger partial charge in [-0.2, -0.15) is 10.2 Å². The van der Waals surface area contributed by atoms with Crippen molar-refractivity contribution in [1.29, 1.82) is 0 Å². The summed E-state index contributed by atoms with van der Waals surface area (Å²) in [5, 5.41) is 25.4. The van der Waals surface area contributed by atoms with Gasteiger partial charge in [-0.15, -0.1) is 10.2 Å². The highest BCUT2D eigenvalue weighted by Crippen LogP contribution is 2.33. The quantitative estimate of drug-likeness (QED) is 0.511. The summed E-state index contributed by atoms with van der Waals surface area (Å²) in [6.07, 6.45) is 9.30. The third-order valence-corrected chi connectivity index (χ3v) is 6.20. The molecule has 0 amide bonds. The number of fused-ring (bicyclic) bond motifs is 1. The van der Waals surface area contributed by atoms with Crippen LogP contribution in [-0.4, -0.2) is 59.3 Å². The van der Waals surface area contributed by atoms with Crippen LogP contribution in [-0.2, 0) is 0 Å². The molecular weight excluding hydrogens is 402 g/mol. The van der Waals surface area contributed by atoms with Crippen molar-refractivity contribution >= 4 is 16.9 Å². The molecule has 4 aromatic rings. The number of aromatic amines is 1. The molecule has 0 aliphatic carbocycles. The second-order valence-electron chi connectivity index (χ2n) is 9.95. The zero-order chi connectivity index (χ0) is 22.5. The second-order valence-corrected chi connectivity index (χ2v) is 9.95. The molecule has 0 atom stereocenters. The van der Waals surface area contributed by atoms with Gasteiger partial charge in [0.25, 0.3) is 0 Å². The molecule has 1 aromatic carbocycles. The zero-order valence-electron chi connectivity index (χ0n) is 19.2. The number of hydrogen-bond acceptors (Lipinski definition) is 7. The van der Waals surface area contributed by atoms with E-state index in [0.29, 0.717) is 17.7 Å². The molecule has 5 rings (SSSR count). The normalized spacial score (nSPS) is 18.2. The Morgan fingerprint density at radius 1 is 1.06 bits per heavy atom. The molecule has 3 aromatic heterocycles. The number of anilines is 1. The summed E-state index contributed by atoms with van der Waals surface area (Å²) in [4.78, 5) is 6.84. The standard InChI is InChI=1S/C23H29N9/c1-22(2)11-15(12-23(3,4)30-22)31(5)21-24-14-18(27-29-21)16-7-8-19(32-10-6-9-26-32)20-17(16)13-25-28-20/h6-10,13-15,30H,11-12H2,1-5H3,(H,25,28). The van der Waals surface area contributed by atoms with E-state index in [4.69, 9.17) is 0 Å². The SMILES string of the molecule is CN(c1ncc(-c2ccc(-n3cccn3)c3[nH]ncc23)nn1)C1CC(C)(C)NC(C)(C)C1. The maximum absolute atomic E-state index is 4.67. The number of nitrogens with one attached hydrogen (secondary N) is 2. The van der Waals surface area contributed by atoms with Crippen LogP contribution in [0, 0.1) is 0 Å². The van der Waals surface area contributed by atoms with Crippen LogP contribution < -0.4 is 10.2 Å². The minimum Gasteiger partial charge on any atom is -0.339 e. The molecule has 9 nitrogen and oxygen atoms in total. The number of H-pyrrole nitrogens is 1. The van der Waals surface area contributed by atoms with Crippen LogP contribution >= 0.6 is 0 Å². The average molecular weight is 432 g/mol. The van der Waals surface area contributed by atoms with Gasteiger partial charge in [0.15, 0.2) is 0 Å². The van der Waals surface area contributed by atoms with Gasteiger partial charge in [-0.25, -0.2) is 9.67 Å². The third-order valence-electron chi connectivity index (χ3n) is 6.20. The van der Waals surface area contributed by atoms with Gasteiger partial charge >= 0.3 is 0 Å². The van der Waals surface area contributed by atoms with Crippen LogP contribution in [0.4, 0.5) is 5.95 Å². The van der Waals surface area contributed by atoms with Crippen molar-refractivity contribution < 1.29 is 0 Å². The molecule has 0 bridgehead atoms. The van der Waals surface area contributed by atoms with Crippen molar-refractivity contribution in [2.45, 2.75) is 57.7 Å². The van der Waals surface area contributed by atoms with Gasteiger partial charge in [0.1, 0.15) is 5.69 Å². The summed E-state index contributed by atoms with van der Waals surface area (Å²) in [7, 11) is 2.06. The lowest BCUT2D eigenvalue weighted by Gasteiger charge is -2.48. The summed E-state index contributed by atoms with van der Waals surface area (Å²) in [5.41, 5.74) is 3.58. The molecule has 9 heteroatoms. The van der Waals surface area contributed by atoms with Gasteiger partial charge in [-0.3, -0.25) is 5.10 Å². The molecule has 0 unspecified atom stereocenters. The van der Waals surface area contributed by atoms with Crippen molar-refractivity contribution in [3.63, 3.8) is 0 Å². The van der Waals surface area contributed by atoms with Gasteiger partial charge < -0.3 is 10.2 Å². The summed E-state index contributed by atoms with van der Waals surface area (Å²) >= 11 is 0. The number of hydrogen-bond donors (Lipinski definition) is 2. The topological polar surface area (TPSA) is 100 Å². The number of rotatable bonds is 4. The van der Waals surface area contributed by atoms with Crippen LogP contribution in [0.25, 0.3) is 27.8 Å². The fourth-order valence-electron chi connectivity index (χ4n) is 5.11. The van der Waals surface area contributed by atoms with E-state index >= 15 is 0 Å². The second kappa shape index (κ2) is 7.37. The van der Waals surface area contributed by atoms with Crippen LogP contribution in [0.5, 0.6) is 0 Å². The Kier molecular flexibility index (Phi) is 4.74. The monoisotopic (exact) mass is 431 g/mol.